The van der Waals surface area contributed by atoms with Gasteiger partial charge in [0.1, 0.15) is 5.75 Å². The highest BCUT2D eigenvalue weighted by atomic mass is 16.3. The molecule has 114 valence electrons. The molecule has 0 aliphatic heterocycles. The van der Waals surface area contributed by atoms with E-state index in [2.05, 4.69) is 13.0 Å². The van der Waals surface area contributed by atoms with E-state index in [4.69, 9.17) is 0 Å². The smallest absolute Gasteiger partial charge is 0.116 e. The molecule has 3 nitrogen and oxygen atoms in total. The Labute approximate surface area is 129 Å². The minimum absolute atomic E-state index is 0.0487. The van der Waals surface area contributed by atoms with Crippen LogP contribution in [0, 0.1) is 11.3 Å². The van der Waals surface area contributed by atoms with Gasteiger partial charge in [0.05, 0.1) is 12.2 Å². The third kappa shape index (κ3) is 1.27. The molecule has 2 aromatic carbocycles. The number of aliphatic hydroxyl groups excluding tert-OH is 2. The summed E-state index contributed by atoms with van der Waals surface area (Å²) >= 11 is 0. The Bertz CT molecular complexity index is 814. The summed E-state index contributed by atoms with van der Waals surface area (Å²) in [6.45, 7) is 2.28. The van der Waals surface area contributed by atoms with Gasteiger partial charge in [-0.25, -0.2) is 0 Å². The lowest BCUT2D eigenvalue weighted by Gasteiger charge is -2.37. The molecule has 0 aromatic heterocycles. The molecular weight excluding hydrogens is 276 g/mol. The molecule has 5 rings (SSSR count). The average Bonchev–Trinajstić information content (AvgIpc) is 3.00. The number of fused-ring (bicyclic) bond motifs is 3. The van der Waals surface area contributed by atoms with Gasteiger partial charge in [0, 0.05) is 5.41 Å². The average molecular weight is 296 g/mol. The third-order valence-corrected chi connectivity index (χ3v) is 6.71. The van der Waals surface area contributed by atoms with Crippen molar-refractivity contribution in [2.45, 2.75) is 43.8 Å². The van der Waals surface area contributed by atoms with Crippen molar-refractivity contribution >= 4 is 10.8 Å². The van der Waals surface area contributed by atoms with Crippen molar-refractivity contribution in [1.82, 2.24) is 0 Å². The molecule has 0 amide bonds. The van der Waals surface area contributed by atoms with E-state index in [0.29, 0.717) is 6.42 Å². The zero-order chi connectivity index (χ0) is 15.3. The predicted octanol–water partition coefficient (Wildman–Crippen LogP) is 3.01. The normalized spacial score (nSPS) is 41.9. The standard InChI is InChI=1S/C19H20O3/c1-18-8-16(22)14-7-15(21)17-12-4-3-11(20)6-10(12)2-5-13(17)19(14,18)9-18/h2-6,14-16,20-22H,7-9H2,1H3/t14?,15-,16-,18+,19-/m0/s1. The fourth-order valence-electron chi connectivity index (χ4n) is 5.76. The van der Waals surface area contributed by atoms with Crippen LogP contribution in [0.5, 0.6) is 5.75 Å². The molecule has 3 heteroatoms. The van der Waals surface area contributed by atoms with Gasteiger partial charge in [-0.05, 0) is 64.6 Å². The van der Waals surface area contributed by atoms with Crippen LogP contribution in [0.2, 0.25) is 0 Å². The van der Waals surface area contributed by atoms with Crippen LogP contribution >= 0.6 is 0 Å². The fourth-order valence-corrected chi connectivity index (χ4v) is 5.76. The van der Waals surface area contributed by atoms with E-state index in [1.54, 1.807) is 12.1 Å². The highest BCUT2D eigenvalue weighted by molar-refractivity contribution is 5.89. The highest BCUT2D eigenvalue weighted by Gasteiger charge is 2.76. The molecule has 0 radical (unpaired) electrons. The summed E-state index contributed by atoms with van der Waals surface area (Å²) in [6.07, 6.45) is 1.78. The van der Waals surface area contributed by atoms with Crippen molar-refractivity contribution in [3.63, 3.8) is 0 Å². The molecule has 5 atom stereocenters. The summed E-state index contributed by atoms with van der Waals surface area (Å²) in [4.78, 5) is 0. The van der Waals surface area contributed by atoms with E-state index in [9.17, 15) is 15.3 Å². The summed E-state index contributed by atoms with van der Waals surface area (Å²) < 4.78 is 0. The molecule has 3 aliphatic carbocycles. The SMILES string of the molecule is C[C@]12C[C@H](O)C3C[C@H](O)c4c(ccc5cc(O)ccc45)[C@@]31C2. The first-order valence-corrected chi connectivity index (χ1v) is 8.08. The van der Waals surface area contributed by atoms with Crippen LogP contribution in [0.3, 0.4) is 0 Å². The minimum Gasteiger partial charge on any atom is -0.508 e. The second-order valence-corrected chi connectivity index (χ2v) is 7.77. The number of hydrogen-bond donors (Lipinski definition) is 3. The molecule has 0 saturated heterocycles. The van der Waals surface area contributed by atoms with Gasteiger partial charge in [-0.1, -0.05) is 25.1 Å². The first kappa shape index (κ1) is 12.9. The lowest BCUT2D eigenvalue weighted by molar-refractivity contribution is 0.0487. The van der Waals surface area contributed by atoms with Gasteiger partial charge in [-0.2, -0.15) is 0 Å². The topological polar surface area (TPSA) is 60.7 Å². The van der Waals surface area contributed by atoms with Crippen LogP contribution in [0.4, 0.5) is 0 Å². The predicted molar refractivity (Wildman–Crippen MR) is 83.7 cm³/mol. The van der Waals surface area contributed by atoms with Crippen molar-refractivity contribution in [3.8, 4) is 5.75 Å². The van der Waals surface area contributed by atoms with Gasteiger partial charge in [-0.3, -0.25) is 0 Å². The van der Waals surface area contributed by atoms with Crippen LogP contribution < -0.4 is 0 Å². The zero-order valence-electron chi connectivity index (χ0n) is 12.6. The van der Waals surface area contributed by atoms with Gasteiger partial charge in [-0.15, -0.1) is 0 Å². The quantitative estimate of drug-likeness (QED) is 0.700. The Hall–Kier alpha value is -1.58. The summed E-state index contributed by atoms with van der Waals surface area (Å²) in [6, 6.07) is 9.52. The molecule has 3 aliphatic rings. The molecule has 22 heavy (non-hydrogen) atoms. The maximum absolute atomic E-state index is 10.7. The molecular formula is C19H20O3. The lowest BCUT2D eigenvalue weighted by atomic mass is 9.69. The molecule has 0 heterocycles. The Morgan fingerprint density at radius 2 is 1.95 bits per heavy atom. The van der Waals surface area contributed by atoms with Crippen molar-refractivity contribution in [3.05, 3.63) is 41.5 Å². The Kier molecular flexibility index (Phi) is 2.15. The van der Waals surface area contributed by atoms with Crippen LogP contribution in [-0.4, -0.2) is 21.4 Å². The van der Waals surface area contributed by atoms with Crippen molar-refractivity contribution < 1.29 is 15.3 Å². The summed E-state index contributed by atoms with van der Waals surface area (Å²) in [5.41, 5.74) is 2.48. The van der Waals surface area contributed by atoms with Gasteiger partial charge in [0.15, 0.2) is 0 Å². The van der Waals surface area contributed by atoms with Gasteiger partial charge < -0.3 is 15.3 Å². The minimum atomic E-state index is -0.531. The molecule has 1 spiro atoms. The molecule has 3 N–H and O–H groups in total. The first-order chi connectivity index (χ1) is 10.5. The monoisotopic (exact) mass is 296 g/mol. The summed E-state index contributed by atoms with van der Waals surface area (Å²) in [5, 5.41) is 32.9. The molecule has 2 fully saturated rings. The van der Waals surface area contributed by atoms with Crippen LogP contribution in [0.1, 0.15) is 43.4 Å². The second kappa shape index (κ2) is 3.66. The van der Waals surface area contributed by atoms with E-state index in [-0.39, 0.29) is 28.6 Å². The van der Waals surface area contributed by atoms with E-state index in [0.717, 1.165) is 29.2 Å². The molecule has 2 aromatic rings. The number of aliphatic hydroxyl groups is 2. The Morgan fingerprint density at radius 3 is 2.77 bits per heavy atom. The number of phenols is 1. The number of aromatic hydroxyl groups is 1. The van der Waals surface area contributed by atoms with Crippen LogP contribution in [-0.2, 0) is 5.41 Å². The number of rotatable bonds is 0. The Balaban J connectivity index is 1.82. The Morgan fingerprint density at radius 1 is 1.14 bits per heavy atom. The van der Waals surface area contributed by atoms with Gasteiger partial charge in [0.25, 0.3) is 0 Å². The third-order valence-electron chi connectivity index (χ3n) is 6.71. The van der Waals surface area contributed by atoms with Gasteiger partial charge >= 0.3 is 0 Å². The van der Waals surface area contributed by atoms with Crippen molar-refractivity contribution in [1.29, 1.82) is 0 Å². The van der Waals surface area contributed by atoms with Crippen molar-refractivity contribution in [2.75, 3.05) is 0 Å². The summed E-state index contributed by atoms with van der Waals surface area (Å²) in [5.74, 6) is 0.427. The fraction of sp³-hybridized carbons (Fsp3) is 0.474. The lowest BCUT2D eigenvalue weighted by Crippen LogP contribution is -2.34. The number of benzene rings is 2. The van der Waals surface area contributed by atoms with E-state index < -0.39 is 6.10 Å². The first-order valence-electron chi connectivity index (χ1n) is 8.08. The maximum atomic E-state index is 10.7. The number of hydrogen-bond acceptors (Lipinski definition) is 3. The maximum Gasteiger partial charge on any atom is 0.116 e. The molecule has 0 bridgehead atoms. The number of phenolic OH excluding ortho intramolecular Hbond substituents is 1. The molecule has 2 saturated carbocycles. The largest absolute Gasteiger partial charge is 0.508 e. The van der Waals surface area contributed by atoms with Gasteiger partial charge in [0.2, 0.25) is 0 Å². The van der Waals surface area contributed by atoms with Crippen LogP contribution in [0.15, 0.2) is 30.3 Å². The second-order valence-electron chi connectivity index (χ2n) is 7.77. The van der Waals surface area contributed by atoms with Crippen molar-refractivity contribution in [2.24, 2.45) is 11.3 Å². The van der Waals surface area contributed by atoms with E-state index in [1.807, 2.05) is 12.1 Å². The van der Waals surface area contributed by atoms with E-state index >= 15 is 0 Å². The highest BCUT2D eigenvalue weighted by Crippen LogP contribution is 2.79. The zero-order valence-corrected chi connectivity index (χ0v) is 12.6. The van der Waals surface area contributed by atoms with Crippen LogP contribution in [0.25, 0.3) is 10.8 Å². The van der Waals surface area contributed by atoms with E-state index in [1.165, 1.54) is 5.56 Å². The summed E-state index contributed by atoms with van der Waals surface area (Å²) in [7, 11) is 0. The molecule has 1 unspecified atom stereocenters.